The van der Waals surface area contributed by atoms with Crippen LogP contribution in [0.3, 0.4) is 0 Å². The monoisotopic (exact) mass is 287 g/mol. The van der Waals surface area contributed by atoms with E-state index in [9.17, 15) is 0 Å². The smallest absolute Gasteiger partial charge is 0.144 e. The summed E-state index contributed by atoms with van der Waals surface area (Å²) >= 11 is 0. The van der Waals surface area contributed by atoms with Gasteiger partial charge in [0.15, 0.2) is 0 Å². The summed E-state index contributed by atoms with van der Waals surface area (Å²) in [5, 5.41) is 3.46. The van der Waals surface area contributed by atoms with Crippen molar-refractivity contribution in [2.45, 2.75) is 6.54 Å². The molecule has 0 bridgehead atoms. The van der Waals surface area contributed by atoms with E-state index in [0.717, 1.165) is 49.8 Å². The zero-order chi connectivity index (χ0) is 14.5. The number of hydrogen-bond donors (Lipinski definition) is 2. The van der Waals surface area contributed by atoms with Crippen LogP contribution in [0.2, 0.25) is 0 Å². The normalized spacial score (nSPS) is 13.8. The van der Waals surface area contributed by atoms with Gasteiger partial charge >= 0.3 is 0 Å². The molecule has 2 aromatic rings. The summed E-state index contributed by atoms with van der Waals surface area (Å²) in [7, 11) is 0. The Morgan fingerprint density at radius 1 is 1.29 bits per heavy atom. The molecular formula is C15H21N5O. The molecule has 0 amide bonds. The average molecular weight is 287 g/mol. The molecule has 3 N–H and O–H groups in total. The molecule has 2 heterocycles. The van der Waals surface area contributed by atoms with Crippen molar-refractivity contribution >= 4 is 11.4 Å². The second-order valence-electron chi connectivity index (χ2n) is 5.11. The van der Waals surface area contributed by atoms with Crippen LogP contribution in [0.1, 0.15) is 0 Å². The fourth-order valence-corrected chi connectivity index (χ4v) is 2.49. The van der Waals surface area contributed by atoms with E-state index in [4.69, 9.17) is 10.5 Å². The molecule has 6 heteroatoms. The van der Waals surface area contributed by atoms with Gasteiger partial charge < -0.3 is 25.3 Å². The fraction of sp³-hybridized carbons (Fsp3) is 0.400. The van der Waals surface area contributed by atoms with Crippen LogP contribution in [0.5, 0.6) is 5.75 Å². The lowest BCUT2D eigenvalue weighted by molar-refractivity contribution is 0.307. The van der Waals surface area contributed by atoms with Crippen molar-refractivity contribution in [3.05, 3.63) is 36.9 Å². The Bertz CT molecular complexity index is 569. The molecule has 3 rings (SSSR count). The second kappa shape index (κ2) is 6.49. The minimum absolute atomic E-state index is 0.714. The molecule has 1 aliphatic rings. The predicted molar refractivity (Wildman–Crippen MR) is 83.7 cm³/mol. The van der Waals surface area contributed by atoms with Gasteiger partial charge in [-0.2, -0.15) is 0 Å². The number of aromatic nitrogens is 2. The first-order valence-electron chi connectivity index (χ1n) is 7.27. The first-order valence-corrected chi connectivity index (χ1v) is 7.27. The number of hydrogen-bond acceptors (Lipinski definition) is 5. The minimum atomic E-state index is 0.714. The molecule has 0 spiro atoms. The van der Waals surface area contributed by atoms with E-state index in [1.165, 1.54) is 0 Å². The molecule has 0 aliphatic carbocycles. The molecule has 6 nitrogen and oxygen atoms in total. The summed E-state index contributed by atoms with van der Waals surface area (Å²) in [5.74, 6) is 0.889. The Balaban J connectivity index is 1.46. The molecule has 0 atom stereocenters. The van der Waals surface area contributed by atoms with Gasteiger partial charge in [-0.3, -0.25) is 0 Å². The lowest BCUT2D eigenvalue weighted by Crippen LogP contribution is -2.38. The maximum Gasteiger partial charge on any atom is 0.144 e. The quantitative estimate of drug-likeness (QED) is 0.612. The maximum absolute atomic E-state index is 5.80. The molecule has 1 aromatic heterocycles. The molecule has 0 saturated heterocycles. The zero-order valence-electron chi connectivity index (χ0n) is 12.0. The van der Waals surface area contributed by atoms with Gasteiger partial charge in [0.1, 0.15) is 12.4 Å². The number of benzene rings is 1. The molecule has 21 heavy (non-hydrogen) atoms. The van der Waals surface area contributed by atoms with Crippen LogP contribution >= 0.6 is 0 Å². The molecule has 112 valence electrons. The third-order valence-corrected chi connectivity index (χ3v) is 3.61. The molecule has 0 radical (unpaired) electrons. The number of anilines is 2. The van der Waals surface area contributed by atoms with E-state index in [1.807, 2.05) is 30.7 Å². The van der Waals surface area contributed by atoms with Gasteiger partial charge in [-0.05, 0) is 12.1 Å². The Hall–Kier alpha value is -2.21. The number of ether oxygens (including phenoxy) is 1. The molecular weight excluding hydrogens is 266 g/mol. The van der Waals surface area contributed by atoms with Crippen molar-refractivity contribution in [2.75, 3.05) is 43.4 Å². The van der Waals surface area contributed by atoms with Gasteiger partial charge in [-0.1, -0.05) is 0 Å². The van der Waals surface area contributed by atoms with Crippen LogP contribution in [0.4, 0.5) is 11.4 Å². The van der Waals surface area contributed by atoms with E-state index in [2.05, 4.69) is 19.8 Å². The highest BCUT2D eigenvalue weighted by Gasteiger charge is 2.17. The van der Waals surface area contributed by atoms with Crippen LogP contribution in [-0.4, -0.2) is 42.3 Å². The molecule has 1 aromatic carbocycles. The highest BCUT2D eigenvalue weighted by molar-refractivity contribution is 5.65. The summed E-state index contributed by atoms with van der Waals surface area (Å²) in [4.78, 5) is 6.37. The number of nitrogens with zero attached hydrogens (tertiary/aromatic N) is 3. The van der Waals surface area contributed by atoms with E-state index in [-0.39, 0.29) is 0 Å². The largest absolute Gasteiger partial charge is 0.489 e. The highest BCUT2D eigenvalue weighted by Crippen LogP contribution is 2.32. The number of rotatable bonds is 6. The number of fused-ring (bicyclic) bond motifs is 1. The van der Waals surface area contributed by atoms with Crippen molar-refractivity contribution in [3.63, 3.8) is 0 Å². The standard InChI is InChI=1S/C15H21N5O/c16-13-1-2-14-15(11-13)21-10-9-20(14)8-5-17-3-6-19-7-4-18-12-19/h1-2,4,7,11-12,17H,3,5-6,8-10,16H2. The van der Waals surface area contributed by atoms with E-state index >= 15 is 0 Å². The van der Waals surface area contributed by atoms with Crippen LogP contribution in [0, 0.1) is 0 Å². The van der Waals surface area contributed by atoms with Gasteiger partial charge in [-0.15, -0.1) is 0 Å². The van der Waals surface area contributed by atoms with E-state index in [1.54, 1.807) is 6.20 Å². The van der Waals surface area contributed by atoms with Crippen molar-refractivity contribution in [3.8, 4) is 5.75 Å². The maximum atomic E-state index is 5.80. The second-order valence-corrected chi connectivity index (χ2v) is 5.11. The third kappa shape index (κ3) is 3.46. The zero-order valence-corrected chi connectivity index (χ0v) is 12.0. The predicted octanol–water partition coefficient (Wildman–Crippen LogP) is 0.954. The van der Waals surface area contributed by atoms with Crippen LogP contribution < -0.4 is 20.7 Å². The average Bonchev–Trinajstić information content (AvgIpc) is 3.00. The Labute approximate surface area is 124 Å². The van der Waals surface area contributed by atoms with E-state index in [0.29, 0.717) is 6.61 Å². The third-order valence-electron chi connectivity index (χ3n) is 3.61. The lowest BCUT2D eigenvalue weighted by Gasteiger charge is -2.31. The number of nitrogens with two attached hydrogens (primary N) is 1. The number of nitrogen functional groups attached to an aromatic ring is 1. The van der Waals surface area contributed by atoms with Crippen LogP contribution in [-0.2, 0) is 6.54 Å². The van der Waals surface area contributed by atoms with E-state index < -0.39 is 0 Å². The lowest BCUT2D eigenvalue weighted by atomic mass is 10.2. The number of imidazole rings is 1. The molecule has 0 fully saturated rings. The summed E-state index contributed by atoms with van der Waals surface area (Å²) < 4.78 is 7.73. The summed E-state index contributed by atoms with van der Waals surface area (Å²) in [6, 6.07) is 5.86. The van der Waals surface area contributed by atoms with Crippen molar-refractivity contribution in [1.29, 1.82) is 0 Å². The van der Waals surface area contributed by atoms with Gasteiger partial charge in [0, 0.05) is 50.3 Å². The summed E-state index contributed by atoms with van der Waals surface area (Å²) in [5.41, 5.74) is 7.67. The first-order chi connectivity index (χ1) is 10.3. The van der Waals surface area contributed by atoms with Crippen LogP contribution in [0.25, 0.3) is 0 Å². The topological polar surface area (TPSA) is 68.3 Å². The number of nitrogens with one attached hydrogen (secondary N) is 1. The van der Waals surface area contributed by atoms with Gasteiger partial charge in [0.05, 0.1) is 18.6 Å². The first kappa shape index (κ1) is 13.8. The highest BCUT2D eigenvalue weighted by atomic mass is 16.5. The van der Waals surface area contributed by atoms with Gasteiger partial charge in [-0.25, -0.2) is 4.98 Å². The Kier molecular flexibility index (Phi) is 4.25. The van der Waals surface area contributed by atoms with Crippen molar-refractivity contribution < 1.29 is 4.74 Å². The molecule has 0 saturated carbocycles. The van der Waals surface area contributed by atoms with Crippen molar-refractivity contribution in [2.24, 2.45) is 0 Å². The molecule has 0 unspecified atom stereocenters. The Morgan fingerprint density at radius 3 is 3.05 bits per heavy atom. The van der Waals surface area contributed by atoms with Crippen molar-refractivity contribution in [1.82, 2.24) is 14.9 Å². The fourth-order valence-electron chi connectivity index (χ4n) is 2.49. The Morgan fingerprint density at radius 2 is 2.19 bits per heavy atom. The minimum Gasteiger partial charge on any atom is -0.489 e. The summed E-state index contributed by atoms with van der Waals surface area (Å²) in [6.45, 7) is 5.42. The molecule has 1 aliphatic heterocycles. The SMILES string of the molecule is Nc1ccc2c(c1)OCCN2CCNCCn1ccnc1. The van der Waals surface area contributed by atoms with Gasteiger partial charge in [0.2, 0.25) is 0 Å². The summed E-state index contributed by atoms with van der Waals surface area (Å²) in [6.07, 6.45) is 5.62. The van der Waals surface area contributed by atoms with Crippen LogP contribution in [0.15, 0.2) is 36.9 Å². The van der Waals surface area contributed by atoms with Gasteiger partial charge in [0.25, 0.3) is 0 Å².